The van der Waals surface area contributed by atoms with Gasteiger partial charge in [0.2, 0.25) is 0 Å². The number of benzene rings is 1. The molecule has 0 radical (unpaired) electrons. The van der Waals surface area contributed by atoms with Gasteiger partial charge in [-0.05, 0) is 97.6 Å². The highest BCUT2D eigenvalue weighted by Gasteiger charge is 2.45. The van der Waals surface area contributed by atoms with E-state index in [2.05, 4.69) is 66.7 Å². The first-order valence-corrected chi connectivity index (χ1v) is 11.1. The maximum absolute atomic E-state index is 2.78. The first kappa shape index (κ1) is 19.3. The molecule has 0 amide bonds. The number of hydrogen-bond donors (Lipinski definition) is 0. The van der Waals surface area contributed by atoms with Crippen LogP contribution in [0.1, 0.15) is 52.0 Å². The van der Waals surface area contributed by atoms with Crippen molar-refractivity contribution in [2.45, 2.75) is 58.9 Å². The van der Waals surface area contributed by atoms with Gasteiger partial charge in [0.1, 0.15) is 0 Å². The second kappa shape index (κ2) is 7.40. The molecule has 0 saturated carbocycles. The fourth-order valence-electron chi connectivity index (χ4n) is 5.38. The van der Waals surface area contributed by atoms with Crippen LogP contribution in [0, 0.1) is 18.3 Å². The molecule has 4 rings (SSSR count). The van der Waals surface area contributed by atoms with E-state index in [-0.39, 0.29) is 0 Å². The van der Waals surface area contributed by atoms with Crippen LogP contribution in [0.2, 0.25) is 0 Å². The van der Waals surface area contributed by atoms with E-state index in [1.807, 2.05) is 0 Å². The predicted octanol–water partition coefficient (Wildman–Crippen LogP) is 4.41. The molecule has 0 N–H and O–H groups in total. The van der Waals surface area contributed by atoms with E-state index >= 15 is 0 Å². The average Bonchev–Trinajstić information content (AvgIpc) is 2.61. The molecule has 1 spiro atoms. The van der Waals surface area contributed by atoms with E-state index in [0.29, 0.717) is 11.0 Å². The lowest BCUT2D eigenvalue weighted by Crippen LogP contribution is -2.60. The normalized spacial score (nSPS) is 25.0. The van der Waals surface area contributed by atoms with Gasteiger partial charge in [-0.3, -0.25) is 4.90 Å². The maximum atomic E-state index is 2.78. The van der Waals surface area contributed by atoms with Crippen LogP contribution < -0.4 is 4.90 Å². The molecule has 0 aliphatic carbocycles. The molecule has 1 aromatic carbocycles. The largest absolute Gasteiger partial charge is 0.370 e. The number of likely N-dealkylation sites (tertiary alicyclic amines) is 2. The number of piperidine rings is 2. The van der Waals surface area contributed by atoms with Gasteiger partial charge in [0.25, 0.3) is 0 Å². The lowest BCUT2D eigenvalue weighted by atomic mass is 9.71. The highest BCUT2D eigenvalue weighted by atomic mass is 15.2. The molecule has 3 heterocycles. The topological polar surface area (TPSA) is 9.72 Å². The van der Waals surface area contributed by atoms with Crippen molar-refractivity contribution in [2.75, 3.05) is 50.7 Å². The summed E-state index contributed by atoms with van der Waals surface area (Å²) in [7, 11) is 0. The zero-order valence-electron chi connectivity index (χ0n) is 18.0. The first-order valence-electron chi connectivity index (χ1n) is 11.1. The van der Waals surface area contributed by atoms with Crippen molar-refractivity contribution in [1.29, 1.82) is 0 Å². The quantitative estimate of drug-likeness (QED) is 0.781. The minimum absolute atomic E-state index is 0.343. The van der Waals surface area contributed by atoms with Gasteiger partial charge in [-0.15, -0.1) is 0 Å². The van der Waals surface area contributed by atoms with Crippen LogP contribution in [-0.4, -0.2) is 61.2 Å². The smallest absolute Gasteiger partial charge is 0.0366 e. The maximum Gasteiger partial charge on any atom is 0.0366 e. The second-order valence-electron chi connectivity index (χ2n) is 10.6. The second-order valence-corrected chi connectivity index (χ2v) is 10.6. The molecular weight excluding hydrogens is 330 g/mol. The number of nitrogens with zero attached hydrogens (tertiary/aromatic N) is 3. The van der Waals surface area contributed by atoms with Gasteiger partial charge >= 0.3 is 0 Å². The highest BCUT2D eigenvalue weighted by molar-refractivity contribution is 5.50. The lowest BCUT2D eigenvalue weighted by Gasteiger charge is -2.55. The zero-order chi connectivity index (χ0) is 19.1. The number of aryl methyl sites for hydroxylation is 1. The van der Waals surface area contributed by atoms with Gasteiger partial charge < -0.3 is 9.80 Å². The van der Waals surface area contributed by atoms with Crippen LogP contribution in [0.4, 0.5) is 5.69 Å². The molecule has 27 heavy (non-hydrogen) atoms. The molecule has 3 nitrogen and oxygen atoms in total. The van der Waals surface area contributed by atoms with E-state index in [1.54, 1.807) is 0 Å². The molecule has 0 atom stereocenters. The van der Waals surface area contributed by atoms with Crippen molar-refractivity contribution in [3.63, 3.8) is 0 Å². The summed E-state index contributed by atoms with van der Waals surface area (Å²) in [6, 6.07) is 9.07. The minimum Gasteiger partial charge on any atom is -0.370 e. The van der Waals surface area contributed by atoms with Gasteiger partial charge in [-0.1, -0.05) is 17.7 Å². The third-order valence-electron chi connectivity index (χ3n) is 7.45. The molecule has 3 fully saturated rings. The number of rotatable bonds is 3. The highest BCUT2D eigenvalue weighted by Crippen LogP contribution is 2.42. The van der Waals surface area contributed by atoms with Crippen LogP contribution in [0.15, 0.2) is 24.3 Å². The predicted molar refractivity (Wildman–Crippen MR) is 116 cm³/mol. The van der Waals surface area contributed by atoms with Crippen molar-refractivity contribution in [3.05, 3.63) is 29.8 Å². The Labute approximate surface area is 166 Å². The Bertz CT molecular complexity index is 606. The van der Waals surface area contributed by atoms with Gasteiger partial charge in [0, 0.05) is 36.3 Å². The summed E-state index contributed by atoms with van der Waals surface area (Å²) < 4.78 is 0. The monoisotopic (exact) mass is 369 g/mol. The average molecular weight is 370 g/mol. The van der Waals surface area contributed by atoms with E-state index in [1.165, 1.54) is 82.7 Å². The standard InChI is InChI=1S/C24H39N3/c1-20-5-7-22(8-6-20)26-18-24(19-26)11-15-25(16-12-24)17-21-9-13-27(14-10-21)23(2,3)4/h5-8,21H,9-19H2,1-4H3. The van der Waals surface area contributed by atoms with Crippen LogP contribution in [-0.2, 0) is 0 Å². The van der Waals surface area contributed by atoms with Gasteiger partial charge in [-0.25, -0.2) is 0 Å². The van der Waals surface area contributed by atoms with E-state index in [9.17, 15) is 0 Å². The Morgan fingerprint density at radius 1 is 0.926 bits per heavy atom. The van der Waals surface area contributed by atoms with Crippen molar-refractivity contribution in [1.82, 2.24) is 9.80 Å². The molecule has 0 unspecified atom stereocenters. The summed E-state index contributed by atoms with van der Waals surface area (Å²) in [5, 5.41) is 0. The summed E-state index contributed by atoms with van der Waals surface area (Å²) in [4.78, 5) is 8.03. The summed E-state index contributed by atoms with van der Waals surface area (Å²) in [6.07, 6.45) is 5.58. The van der Waals surface area contributed by atoms with Crippen LogP contribution in [0.3, 0.4) is 0 Å². The molecular formula is C24H39N3. The summed E-state index contributed by atoms with van der Waals surface area (Å²) in [5.74, 6) is 0.920. The van der Waals surface area contributed by atoms with E-state index in [4.69, 9.17) is 0 Å². The third-order valence-corrected chi connectivity index (χ3v) is 7.45. The summed E-state index contributed by atoms with van der Waals surface area (Å²) in [5.41, 5.74) is 3.72. The van der Waals surface area contributed by atoms with Crippen LogP contribution in [0.5, 0.6) is 0 Å². The molecule has 1 aromatic rings. The van der Waals surface area contributed by atoms with Crippen molar-refractivity contribution in [2.24, 2.45) is 11.3 Å². The Morgan fingerprint density at radius 3 is 2.07 bits per heavy atom. The van der Waals surface area contributed by atoms with Crippen molar-refractivity contribution in [3.8, 4) is 0 Å². The van der Waals surface area contributed by atoms with Crippen LogP contribution in [0.25, 0.3) is 0 Å². The summed E-state index contributed by atoms with van der Waals surface area (Å²) in [6.45, 7) is 18.3. The number of anilines is 1. The molecule has 150 valence electrons. The molecule has 3 aliphatic rings. The zero-order valence-corrected chi connectivity index (χ0v) is 18.0. The summed E-state index contributed by atoms with van der Waals surface area (Å²) >= 11 is 0. The van der Waals surface area contributed by atoms with Gasteiger partial charge in [0.15, 0.2) is 0 Å². The molecule has 0 bridgehead atoms. The molecule has 3 saturated heterocycles. The molecule has 3 heteroatoms. The molecule has 3 aliphatic heterocycles. The van der Waals surface area contributed by atoms with Gasteiger partial charge in [0.05, 0.1) is 0 Å². The number of hydrogen-bond acceptors (Lipinski definition) is 3. The van der Waals surface area contributed by atoms with E-state index < -0.39 is 0 Å². The minimum atomic E-state index is 0.343. The lowest BCUT2D eigenvalue weighted by molar-refractivity contribution is 0.0434. The fourth-order valence-corrected chi connectivity index (χ4v) is 5.38. The Kier molecular flexibility index (Phi) is 5.28. The van der Waals surface area contributed by atoms with Crippen LogP contribution >= 0.6 is 0 Å². The van der Waals surface area contributed by atoms with Gasteiger partial charge in [-0.2, -0.15) is 0 Å². The van der Waals surface area contributed by atoms with E-state index in [0.717, 1.165) is 5.92 Å². The van der Waals surface area contributed by atoms with Crippen molar-refractivity contribution < 1.29 is 0 Å². The fraction of sp³-hybridized carbons (Fsp3) is 0.750. The SMILES string of the molecule is Cc1ccc(N2CC3(CCN(CC4CCN(C(C)(C)C)CC4)CC3)C2)cc1. The Morgan fingerprint density at radius 2 is 1.52 bits per heavy atom. The Hall–Kier alpha value is -1.06. The van der Waals surface area contributed by atoms with Crippen molar-refractivity contribution >= 4 is 5.69 Å². The Balaban J connectivity index is 1.20. The molecule has 0 aromatic heterocycles. The first-order chi connectivity index (χ1) is 12.8. The third kappa shape index (κ3) is 4.35.